The van der Waals surface area contributed by atoms with Gasteiger partial charge in [-0.15, -0.1) is 0 Å². The maximum absolute atomic E-state index is 13.2. The lowest BCUT2D eigenvalue weighted by molar-refractivity contribution is 0.496. The molecular weight excluding hydrogens is 198 g/mol. The fraction of sp³-hybridized carbons (Fsp3) is 0.250. The van der Waals surface area contributed by atoms with Crippen molar-refractivity contribution in [2.45, 2.75) is 13.0 Å². The Morgan fingerprint density at radius 1 is 1.46 bits per heavy atom. The zero-order valence-electron chi connectivity index (χ0n) is 6.94. The third-order valence-electron chi connectivity index (χ3n) is 1.76. The molecule has 0 saturated heterocycles. The minimum absolute atomic E-state index is 0.112. The van der Waals surface area contributed by atoms with Gasteiger partial charge in [-0.05, 0) is 19.1 Å². The normalized spacial score (nSPS) is 13.0. The summed E-state index contributed by atoms with van der Waals surface area (Å²) in [5.74, 6) is 3.63. The van der Waals surface area contributed by atoms with Crippen LogP contribution >= 0.6 is 11.6 Å². The van der Waals surface area contributed by atoms with Crippen molar-refractivity contribution >= 4 is 11.6 Å². The molecule has 0 fully saturated rings. The molecule has 0 spiro atoms. The second kappa shape index (κ2) is 4.00. The predicted octanol–water partition coefficient (Wildman–Crippen LogP) is 2.14. The van der Waals surface area contributed by atoms with E-state index in [0.29, 0.717) is 0 Å². The van der Waals surface area contributed by atoms with E-state index in [4.69, 9.17) is 17.4 Å². The fourth-order valence-corrected chi connectivity index (χ4v) is 1.19. The van der Waals surface area contributed by atoms with Crippen LogP contribution in [-0.4, -0.2) is 0 Å². The number of hydrogen-bond acceptors (Lipinski definition) is 2. The van der Waals surface area contributed by atoms with Gasteiger partial charge in [0.1, 0.15) is 11.6 Å². The Labute approximate surface area is 79.7 Å². The Bertz CT molecular complexity index is 317. The summed E-state index contributed by atoms with van der Waals surface area (Å²) in [4.78, 5) is 0. The van der Waals surface area contributed by atoms with Crippen molar-refractivity contribution in [3.05, 3.63) is 34.4 Å². The van der Waals surface area contributed by atoms with E-state index in [0.717, 1.165) is 6.07 Å². The number of benzene rings is 1. The molecule has 0 aliphatic heterocycles. The largest absolute Gasteiger partial charge is 0.271 e. The van der Waals surface area contributed by atoms with Gasteiger partial charge in [-0.1, -0.05) is 11.6 Å². The number of hydrogen-bond donors (Lipinski definition) is 2. The number of nitrogens with two attached hydrogens (primary N) is 1. The molecule has 5 heteroatoms. The molecule has 72 valence electrons. The second-order valence-electron chi connectivity index (χ2n) is 2.65. The van der Waals surface area contributed by atoms with E-state index < -0.39 is 17.7 Å². The van der Waals surface area contributed by atoms with E-state index in [1.807, 2.05) is 0 Å². The summed E-state index contributed by atoms with van der Waals surface area (Å²) in [7, 11) is 0. The molecule has 0 heterocycles. The molecule has 0 aliphatic carbocycles. The van der Waals surface area contributed by atoms with Crippen LogP contribution in [0.25, 0.3) is 0 Å². The molecule has 0 saturated carbocycles. The highest BCUT2D eigenvalue weighted by molar-refractivity contribution is 6.30. The monoisotopic (exact) mass is 206 g/mol. The third-order valence-corrected chi connectivity index (χ3v) is 2.05. The van der Waals surface area contributed by atoms with Gasteiger partial charge in [0.2, 0.25) is 0 Å². The minimum Gasteiger partial charge on any atom is -0.271 e. The summed E-state index contributed by atoms with van der Waals surface area (Å²) in [6.07, 6.45) is 0. The first-order valence-electron chi connectivity index (χ1n) is 3.67. The molecule has 2 nitrogen and oxygen atoms in total. The van der Waals surface area contributed by atoms with Gasteiger partial charge in [0.25, 0.3) is 0 Å². The van der Waals surface area contributed by atoms with Gasteiger partial charge in [-0.2, -0.15) is 0 Å². The molecule has 1 aromatic rings. The molecule has 1 rings (SSSR count). The molecule has 0 radical (unpaired) electrons. The van der Waals surface area contributed by atoms with Gasteiger partial charge in [0.15, 0.2) is 0 Å². The van der Waals surface area contributed by atoms with Crippen LogP contribution in [0.4, 0.5) is 8.78 Å². The Morgan fingerprint density at radius 3 is 2.62 bits per heavy atom. The summed E-state index contributed by atoms with van der Waals surface area (Å²) in [6.45, 7) is 1.54. The summed E-state index contributed by atoms with van der Waals surface area (Å²) in [5, 5.41) is -0.112. The van der Waals surface area contributed by atoms with Gasteiger partial charge < -0.3 is 0 Å². The fourth-order valence-electron chi connectivity index (χ4n) is 1.02. The lowest BCUT2D eigenvalue weighted by Crippen LogP contribution is -2.27. The van der Waals surface area contributed by atoms with Crippen LogP contribution in [-0.2, 0) is 0 Å². The first kappa shape index (κ1) is 10.4. The van der Waals surface area contributed by atoms with Gasteiger partial charge >= 0.3 is 0 Å². The van der Waals surface area contributed by atoms with Crippen LogP contribution in [0, 0.1) is 11.6 Å². The summed E-state index contributed by atoms with van der Waals surface area (Å²) in [6, 6.07) is 1.66. The summed E-state index contributed by atoms with van der Waals surface area (Å²) >= 11 is 5.48. The Balaban J connectivity index is 3.25. The third kappa shape index (κ3) is 1.96. The van der Waals surface area contributed by atoms with Crippen molar-refractivity contribution in [3.8, 4) is 0 Å². The van der Waals surface area contributed by atoms with E-state index >= 15 is 0 Å². The SMILES string of the molecule is CC(NN)c1c(F)ccc(Cl)c1F. The lowest BCUT2D eigenvalue weighted by Gasteiger charge is -2.12. The Hall–Kier alpha value is -0.710. The molecule has 1 unspecified atom stereocenters. The maximum Gasteiger partial charge on any atom is 0.149 e. The van der Waals surface area contributed by atoms with Crippen molar-refractivity contribution in [1.82, 2.24) is 5.43 Å². The highest BCUT2D eigenvalue weighted by atomic mass is 35.5. The topological polar surface area (TPSA) is 38.0 Å². The van der Waals surface area contributed by atoms with Crippen molar-refractivity contribution in [2.24, 2.45) is 5.84 Å². The Morgan fingerprint density at radius 2 is 2.08 bits per heavy atom. The first-order valence-corrected chi connectivity index (χ1v) is 4.05. The number of hydrazine groups is 1. The van der Waals surface area contributed by atoms with Gasteiger partial charge in [-0.25, -0.2) is 8.78 Å². The van der Waals surface area contributed by atoms with Crippen LogP contribution in [0.1, 0.15) is 18.5 Å². The highest BCUT2D eigenvalue weighted by Gasteiger charge is 2.17. The molecule has 0 aliphatic rings. The molecule has 1 aromatic carbocycles. The van der Waals surface area contributed by atoms with E-state index in [-0.39, 0.29) is 10.6 Å². The maximum atomic E-state index is 13.2. The first-order chi connectivity index (χ1) is 6.07. The zero-order chi connectivity index (χ0) is 10.0. The van der Waals surface area contributed by atoms with Crippen molar-refractivity contribution < 1.29 is 8.78 Å². The number of halogens is 3. The molecule has 0 amide bonds. The van der Waals surface area contributed by atoms with Crippen LogP contribution in [0.5, 0.6) is 0 Å². The van der Waals surface area contributed by atoms with Crippen LogP contribution in [0.15, 0.2) is 12.1 Å². The second-order valence-corrected chi connectivity index (χ2v) is 3.05. The van der Waals surface area contributed by atoms with Crippen molar-refractivity contribution in [2.75, 3.05) is 0 Å². The Kier molecular flexibility index (Phi) is 3.19. The average molecular weight is 207 g/mol. The number of nitrogens with one attached hydrogen (secondary N) is 1. The quantitative estimate of drug-likeness (QED) is 0.442. The lowest BCUT2D eigenvalue weighted by atomic mass is 10.1. The van der Waals surface area contributed by atoms with Crippen LogP contribution in [0.3, 0.4) is 0 Å². The van der Waals surface area contributed by atoms with E-state index in [1.54, 1.807) is 0 Å². The molecule has 3 N–H and O–H groups in total. The predicted molar refractivity (Wildman–Crippen MR) is 47.1 cm³/mol. The van der Waals surface area contributed by atoms with E-state index in [1.165, 1.54) is 13.0 Å². The van der Waals surface area contributed by atoms with E-state index in [2.05, 4.69) is 5.43 Å². The van der Waals surface area contributed by atoms with Crippen molar-refractivity contribution in [1.29, 1.82) is 0 Å². The van der Waals surface area contributed by atoms with Crippen LogP contribution in [0.2, 0.25) is 5.02 Å². The number of rotatable bonds is 2. The molecule has 13 heavy (non-hydrogen) atoms. The standard InChI is InChI=1S/C8H9ClF2N2/c1-4(13-12)7-6(10)3-2-5(9)8(7)11/h2-4,13H,12H2,1H3. The van der Waals surface area contributed by atoms with Crippen LogP contribution < -0.4 is 11.3 Å². The van der Waals surface area contributed by atoms with E-state index in [9.17, 15) is 8.78 Å². The summed E-state index contributed by atoms with van der Waals surface area (Å²) < 4.78 is 26.3. The molecule has 0 aromatic heterocycles. The highest BCUT2D eigenvalue weighted by Crippen LogP contribution is 2.25. The van der Waals surface area contributed by atoms with Gasteiger partial charge in [0.05, 0.1) is 5.02 Å². The minimum atomic E-state index is -0.771. The van der Waals surface area contributed by atoms with Gasteiger partial charge in [-0.3, -0.25) is 11.3 Å². The zero-order valence-corrected chi connectivity index (χ0v) is 7.70. The summed E-state index contributed by atoms with van der Waals surface area (Å²) in [5.41, 5.74) is 2.11. The smallest absolute Gasteiger partial charge is 0.149 e. The van der Waals surface area contributed by atoms with Gasteiger partial charge in [0, 0.05) is 11.6 Å². The molecular formula is C8H9ClF2N2. The average Bonchev–Trinajstić information content (AvgIpc) is 2.12. The van der Waals surface area contributed by atoms with Crippen molar-refractivity contribution in [3.63, 3.8) is 0 Å². The molecule has 1 atom stereocenters. The molecule has 0 bridgehead atoms.